The van der Waals surface area contributed by atoms with E-state index in [4.69, 9.17) is 21.7 Å². The third-order valence-corrected chi connectivity index (χ3v) is 5.28. The van der Waals surface area contributed by atoms with Gasteiger partial charge in [0.05, 0.1) is 25.5 Å². The zero-order valence-corrected chi connectivity index (χ0v) is 19.6. The molecule has 1 heterocycles. The first-order valence-electron chi connectivity index (χ1n) is 11.0. The lowest BCUT2D eigenvalue weighted by atomic mass is 10.1. The maximum Gasteiger partial charge on any atom is 0.169 e. The molecule has 0 amide bonds. The SMILES string of the molecule is CCOc1ccc(CCNC(=S)N(Cc2ccccc2)Cc2ccccn2)cc1OCC. The van der Waals surface area contributed by atoms with Crippen molar-refractivity contribution in [3.63, 3.8) is 0 Å². The number of benzene rings is 2. The fourth-order valence-corrected chi connectivity index (χ4v) is 3.60. The van der Waals surface area contributed by atoms with Crippen LogP contribution in [0.5, 0.6) is 11.5 Å². The van der Waals surface area contributed by atoms with Crippen LogP contribution >= 0.6 is 12.2 Å². The summed E-state index contributed by atoms with van der Waals surface area (Å²) < 4.78 is 11.4. The molecule has 6 heteroatoms. The first kappa shape index (κ1) is 23.5. The van der Waals surface area contributed by atoms with E-state index >= 15 is 0 Å². The van der Waals surface area contributed by atoms with E-state index in [-0.39, 0.29) is 0 Å². The number of hydrogen-bond donors (Lipinski definition) is 1. The molecule has 0 bridgehead atoms. The molecule has 0 aliphatic carbocycles. The van der Waals surface area contributed by atoms with Crippen molar-refractivity contribution in [2.45, 2.75) is 33.4 Å². The Bertz CT molecular complexity index is 926. The molecule has 3 aromatic rings. The minimum atomic E-state index is 0.605. The van der Waals surface area contributed by atoms with E-state index in [1.807, 2.05) is 62.5 Å². The van der Waals surface area contributed by atoms with Gasteiger partial charge in [-0.15, -0.1) is 0 Å². The summed E-state index contributed by atoms with van der Waals surface area (Å²) in [6, 6.07) is 22.4. The number of thiocarbonyl (C=S) groups is 1. The number of aromatic nitrogens is 1. The summed E-state index contributed by atoms with van der Waals surface area (Å²) in [5.41, 5.74) is 3.37. The zero-order valence-electron chi connectivity index (χ0n) is 18.8. The molecule has 1 N–H and O–H groups in total. The van der Waals surface area contributed by atoms with Gasteiger partial charge in [-0.3, -0.25) is 4.98 Å². The molecule has 2 aromatic carbocycles. The van der Waals surface area contributed by atoms with Crippen molar-refractivity contribution < 1.29 is 9.47 Å². The highest BCUT2D eigenvalue weighted by molar-refractivity contribution is 7.80. The Balaban J connectivity index is 1.62. The lowest BCUT2D eigenvalue weighted by molar-refractivity contribution is 0.287. The van der Waals surface area contributed by atoms with Gasteiger partial charge < -0.3 is 19.7 Å². The van der Waals surface area contributed by atoms with Gasteiger partial charge in [0.1, 0.15) is 0 Å². The van der Waals surface area contributed by atoms with Gasteiger partial charge in [-0.1, -0.05) is 42.5 Å². The van der Waals surface area contributed by atoms with Crippen LogP contribution in [0.15, 0.2) is 72.9 Å². The van der Waals surface area contributed by atoms with Gasteiger partial charge >= 0.3 is 0 Å². The van der Waals surface area contributed by atoms with Crippen molar-refractivity contribution in [1.82, 2.24) is 15.2 Å². The van der Waals surface area contributed by atoms with Crippen LogP contribution in [-0.4, -0.2) is 34.8 Å². The monoisotopic (exact) mass is 449 g/mol. The van der Waals surface area contributed by atoms with Crippen molar-refractivity contribution in [3.8, 4) is 11.5 Å². The summed E-state index contributed by atoms with van der Waals surface area (Å²) in [5.74, 6) is 1.57. The number of nitrogens with zero attached hydrogens (tertiary/aromatic N) is 2. The second-order valence-corrected chi connectivity index (χ2v) is 7.68. The van der Waals surface area contributed by atoms with Crippen LogP contribution in [-0.2, 0) is 19.5 Å². The van der Waals surface area contributed by atoms with Gasteiger partial charge in [0, 0.05) is 19.3 Å². The predicted molar refractivity (Wildman–Crippen MR) is 133 cm³/mol. The number of pyridine rings is 1. The molecular formula is C26H31N3O2S. The third-order valence-electron chi connectivity index (χ3n) is 4.88. The predicted octanol–water partition coefficient (Wildman–Crippen LogP) is 5.00. The molecule has 0 aliphatic rings. The fourth-order valence-electron chi connectivity index (χ4n) is 3.37. The summed E-state index contributed by atoms with van der Waals surface area (Å²) in [4.78, 5) is 6.62. The average molecular weight is 450 g/mol. The van der Waals surface area contributed by atoms with E-state index in [9.17, 15) is 0 Å². The van der Waals surface area contributed by atoms with Crippen LogP contribution in [0.25, 0.3) is 0 Å². The molecule has 0 unspecified atom stereocenters. The molecule has 1 aromatic heterocycles. The summed E-state index contributed by atoms with van der Waals surface area (Å²) in [6.07, 6.45) is 2.64. The van der Waals surface area contributed by atoms with Crippen LogP contribution in [0.3, 0.4) is 0 Å². The highest BCUT2D eigenvalue weighted by Gasteiger charge is 2.12. The molecule has 32 heavy (non-hydrogen) atoms. The Morgan fingerprint density at radius 1 is 0.875 bits per heavy atom. The number of rotatable bonds is 11. The smallest absolute Gasteiger partial charge is 0.169 e. The normalized spacial score (nSPS) is 10.4. The average Bonchev–Trinajstić information content (AvgIpc) is 2.82. The zero-order chi connectivity index (χ0) is 22.6. The molecule has 0 atom stereocenters. The highest BCUT2D eigenvalue weighted by Crippen LogP contribution is 2.28. The van der Waals surface area contributed by atoms with Crippen molar-refractivity contribution in [1.29, 1.82) is 0 Å². The summed E-state index contributed by atoms with van der Waals surface area (Å²) in [5, 5.41) is 4.14. The molecule has 0 spiro atoms. The fraction of sp³-hybridized carbons (Fsp3) is 0.308. The molecule has 168 valence electrons. The summed E-state index contributed by atoms with van der Waals surface area (Å²) in [7, 11) is 0. The van der Waals surface area contributed by atoms with E-state index < -0.39 is 0 Å². The van der Waals surface area contributed by atoms with Gasteiger partial charge in [0.25, 0.3) is 0 Å². The lowest BCUT2D eigenvalue weighted by Crippen LogP contribution is -2.39. The van der Waals surface area contributed by atoms with E-state index in [0.29, 0.717) is 19.8 Å². The van der Waals surface area contributed by atoms with Crippen LogP contribution in [0, 0.1) is 0 Å². The number of nitrogens with one attached hydrogen (secondary N) is 1. The first-order chi connectivity index (χ1) is 15.7. The van der Waals surface area contributed by atoms with E-state index in [0.717, 1.165) is 41.8 Å². The van der Waals surface area contributed by atoms with Crippen molar-refractivity contribution >= 4 is 17.3 Å². The second-order valence-electron chi connectivity index (χ2n) is 7.29. The maximum absolute atomic E-state index is 5.75. The van der Waals surface area contributed by atoms with E-state index in [1.165, 1.54) is 11.1 Å². The third kappa shape index (κ3) is 7.24. The molecule has 3 rings (SSSR count). The Hall–Kier alpha value is -3.12. The standard InChI is InChI=1S/C26H31N3O2S/c1-3-30-24-14-13-21(18-25(24)31-4-2)15-17-28-26(32)29(19-22-10-6-5-7-11-22)20-23-12-8-9-16-27-23/h5-14,16,18H,3-4,15,17,19-20H2,1-2H3,(H,28,32). The highest BCUT2D eigenvalue weighted by atomic mass is 32.1. The van der Waals surface area contributed by atoms with Crippen LogP contribution in [0.2, 0.25) is 0 Å². The Morgan fingerprint density at radius 3 is 2.34 bits per heavy atom. The van der Waals surface area contributed by atoms with E-state index in [2.05, 4.69) is 39.5 Å². The molecular weight excluding hydrogens is 418 g/mol. The van der Waals surface area contributed by atoms with Crippen LogP contribution < -0.4 is 14.8 Å². The van der Waals surface area contributed by atoms with E-state index in [1.54, 1.807) is 0 Å². The number of ether oxygens (including phenoxy) is 2. The van der Waals surface area contributed by atoms with Gasteiger partial charge in [-0.25, -0.2) is 0 Å². The maximum atomic E-state index is 5.75. The molecule has 0 fully saturated rings. The van der Waals surface area contributed by atoms with Crippen molar-refractivity contribution in [2.24, 2.45) is 0 Å². The minimum Gasteiger partial charge on any atom is -0.490 e. The van der Waals surface area contributed by atoms with Crippen molar-refractivity contribution in [3.05, 3.63) is 89.7 Å². The largest absolute Gasteiger partial charge is 0.490 e. The molecule has 0 saturated heterocycles. The Labute approximate surface area is 196 Å². The summed E-state index contributed by atoms with van der Waals surface area (Å²) >= 11 is 5.75. The first-order valence-corrected chi connectivity index (χ1v) is 11.5. The molecule has 5 nitrogen and oxygen atoms in total. The number of hydrogen-bond acceptors (Lipinski definition) is 4. The van der Waals surface area contributed by atoms with Gasteiger partial charge in [0.2, 0.25) is 0 Å². The van der Waals surface area contributed by atoms with Crippen LogP contribution in [0.1, 0.15) is 30.7 Å². The van der Waals surface area contributed by atoms with Gasteiger partial charge in [-0.05, 0) is 67.9 Å². The quantitative estimate of drug-likeness (QED) is 0.416. The molecule has 0 radical (unpaired) electrons. The van der Waals surface area contributed by atoms with Gasteiger partial charge in [0.15, 0.2) is 16.6 Å². The Morgan fingerprint density at radius 2 is 1.62 bits per heavy atom. The lowest BCUT2D eigenvalue weighted by Gasteiger charge is -2.26. The molecule has 0 aliphatic heterocycles. The summed E-state index contributed by atoms with van der Waals surface area (Å²) in [6.45, 7) is 7.27. The Kier molecular flexibility index (Phi) is 9.32. The van der Waals surface area contributed by atoms with Crippen LogP contribution in [0.4, 0.5) is 0 Å². The minimum absolute atomic E-state index is 0.605. The second kappa shape index (κ2) is 12.7. The topological polar surface area (TPSA) is 46.6 Å². The van der Waals surface area contributed by atoms with Gasteiger partial charge in [-0.2, -0.15) is 0 Å². The van der Waals surface area contributed by atoms with Crippen molar-refractivity contribution in [2.75, 3.05) is 19.8 Å². The molecule has 0 saturated carbocycles.